The van der Waals surface area contributed by atoms with Crippen LogP contribution in [0, 0.1) is 0 Å². The zero-order valence-corrected chi connectivity index (χ0v) is 18.2. The molecule has 2 aliphatic rings. The Morgan fingerprint density at radius 3 is 2.53 bits per heavy atom. The van der Waals surface area contributed by atoms with Crippen molar-refractivity contribution in [1.82, 2.24) is 24.7 Å². The Morgan fingerprint density at radius 2 is 1.75 bits per heavy atom. The number of aryl methyl sites for hydroxylation is 1. The van der Waals surface area contributed by atoms with E-state index in [9.17, 15) is 4.79 Å². The summed E-state index contributed by atoms with van der Waals surface area (Å²) in [5.74, 6) is 1.60. The summed E-state index contributed by atoms with van der Waals surface area (Å²) < 4.78 is 7.16. The molecule has 0 unspecified atom stereocenters. The van der Waals surface area contributed by atoms with Crippen molar-refractivity contribution < 1.29 is 9.53 Å². The fourth-order valence-electron chi connectivity index (χ4n) is 4.25. The van der Waals surface area contributed by atoms with Gasteiger partial charge in [0.05, 0.1) is 13.2 Å². The Hall–Kier alpha value is -3.04. The topological polar surface area (TPSA) is 87.9 Å². The van der Waals surface area contributed by atoms with Crippen LogP contribution < -0.4 is 10.2 Å². The van der Waals surface area contributed by atoms with E-state index in [1.165, 1.54) is 18.4 Å². The molecule has 0 aliphatic carbocycles. The molecule has 3 aromatic rings. The predicted molar refractivity (Wildman–Crippen MR) is 122 cm³/mol. The molecule has 4 heterocycles. The molecule has 0 spiro atoms. The molecule has 1 N–H and O–H groups in total. The molecule has 5 rings (SSSR count). The molecule has 1 aromatic carbocycles. The third-order valence-corrected chi connectivity index (χ3v) is 6.07. The summed E-state index contributed by atoms with van der Waals surface area (Å²) in [6.45, 7) is 6.49. The Kier molecular flexibility index (Phi) is 6.27. The lowest BCUT2D eigenvalue weighted by atomic mass is 10.2. The van der Waals surface area contributed by atoms with Crippen molar-refractivity contribution in [2.75, 3.05) is 49.6 Å². The fraction of sp³-hybridized carbons (Fsp3) is 0.478. The van der Waals surface area contributed by atoms with Gasteiger partial charge in [-0.25, -0.2) is 0 Å². The predicted octanol–water partition coefficient (Wildman–Crippen LogP) is 2.13. The average molecular weight is 436 g/mol. The first-order chi connectivity index (χ1) is 15.7. The van der Waals surface area contributed by atoms with Gasteiger partial charge in [-0.05, 0) is 42.7 Å². The summed E-state index contributed by atoms with van der Waals surface area (Å²) in [5, 5.41) is 16.1. The van der Waals surface area contributed by atoms with Crippen LogP contribution in [0.4, 0.5) is 11.5 Å². The number of rotatable bonds is 7. The van der Waals surface area contributed by atoms with Crippen molar-refractivity contribution in [1.29, 1.82) is 0 Å². The summed E-state index contributed by atoms with van der Waals surface area (Å²) in [5.41, 5.74) is 2.75. The van der Waals surface area contributed by atoms with Crippen LogP contribution in [-0.2, 0) is 22.5 Å². The van der Waals surface area contributed by atoms with Gasteiger partial charge in [-0.2, -0.15) is 4.52 Å². The van der Waals surface area contributed by atoms with E-state index in [1.807, 2.05) is 24.3 Å². The number of amides is 1. The number of hydrogen-bond acceptors (Lipinski definition) is 7. The highest BCUT2D eigenvalue weighted by Gasteiger charge is 2.16. The molecule has 9 nitrogen and oxygen atoms in total. The monoisotopic (exact) mass is 435 g/mol. The van der Waals surface area contributed by atoms with Gasteiger partial charge in [0.1, 0.15) is 5.82 Å². The number of nitrogens with zero attached hydrogens (tertiary/aromatic N) is 6. The van der Waals surface area contributed by atoms with Crippen LogP contribution in [0.2, 0.25) is 0 Å². The lowest BCUT2D eigenvalue weighted by Gasteiger charge is -2.26. The fourth-order valence-corrected chi connectivity index (χ4v) is 4.25. The van der Waals surface area contributed by atoms with Crippen molar-refractivity contribution >= 4 is 23.1 Å². The molecule has 2 saturated heterocycles. The van der Waals surface area contributed by atoms with Crippen LogP contribution in [0.5, 0.6) is 0 Å². The number of benzene rings is 1. The van der Waals surface area contributed by atoms with Gasteiger partial charge in [0.25, 0.3) is 0 Å². The summed E-state index contributed by atoms with van der Waals surface area (Å²) in [7, 11) is 0. The molecule has 168 valence electrons. The maximum Gasteiger partial charge on any atom is 0.224 e. The first-order valence-electron chi connectivity index (χ1n) is 11.4. The third-order valence-electron chi connectivity index (χ3n) is 6.07. The number of anilines is 2. The van der Waals surface area contributed by atoms with Crippen molar-refractivity contribution in [2.24, 2.45) is 0 Å². The number of nitrogens with one attached hydrogen (secondary N) is 1. The minimum absolute atomic E-state index is 0.0432. The Morgan fingerprint density at radius 1 is 0.969 bits per heavy atom. The van der Waals surface area contributed by atoms with Gasteiger partial charge in [-0.1, -0.05) is 12.1 Å². The van der Waals surface area contributed by atoms with E-state index in [4.69, 9.17) is 9.84 Å². The Bertz CT molecular complexity index is 1050. The van der Waals surface area contributed by atoms with Crippen molar-refractivity contribution in [3.05, 3.63) is 47.8 Å². The van der Waals surface area contributed by atoms with E-state index in [0.717, 1.165) is 57.4 Å². The van der Waals surface area contributed by atoms with E-state index in [-0.39, 0.29) is 5.91 Å². The normalized spacial score (nSPS) is 17.2. The number of hydrogen-bond donors (Lipinski definition) is 1. The lowest BCUT2D eigenvalue weighted by molar-refractivity contribution is -0.116. The first-order valence-corrected chi connectivity index (χ1v) is 11.4. The number of morpholine rings is 1. The van der Waals surface area contributed by atoms with Crippen LogP contribution in [0.3, 0.4) is 0 Å². The zero-order valence-electron chi connectivity index (χ0n) is 18.2. The van der Waals surface area contributed by atoms with Crippen molar-refractivity contribution in [3.63, 3.8) is 0 Å². The number of aromatic nitrogens is 4. The standard InChI is InChI=1S/C23H29N7O2/c31-23(24-19-5-3-18(4-6-19)17-28-13-15-32-16-14-28)10-9-21-26-25-20-7-8-22(27-30(20)21)29-11-1-2-12-29/h3-8H,1-2,9-17H2,(H,24,31). The first kappa shape index (κ1) is 20.8. The number of ether oxygens (including phenoxy) is 1. The largest absolute Gasteiger partial charge is 0.379 e. The van der Waals surface area contributed by atoms with Crippen LogP contribution in [0.1, 0.15) is 30.7 Å². The van der Waals surface area contributed by atoms with Gasteiger partial charge in [0, 0.05) is 51.3 Å². The highest BCUT2D eigenvalue weighted by Crippen LogP contribution is 2.18. The Labute approximate surface area is 187 Å². The second-order valence-electron chi connectivity index (χ2n) is 8.41. The smallest absolute Gasteiger partial charge is 0.224 e. The molecule has 2 aromatic heterocycles. The average Bonchev–Trinajstić information content (AvgIpc) is 3.50. The highest BCUT2D eigenvalue weighted by molar-refractivity contribution is 5.90. The number of carbonyl (C=O) groups excluding carboxylic acids is 1. The molecular formula is C23H29N7O2. The van der Waals surface area contributed by atoms with Gasteiger partial charge in [-0.3, -0.25) is 9.69 Å². The van der Waals surface area contributed by atoms with E-state index < -0.39 is 0 Å². The van der Waals surface area contributed by atoms with E-state index in [0.29, 0.717) is 24.3 Å². The quantitative estimate of drug-likeness (QED) is 0.608. The molecule has 0 bridgehead atoms. The van der Waals surface area contributed by atoms with Gasteiger partial charge in [-0.15, -0.1) is 15.3 Å². The molecule has 0 saturated carbocycles. The molecule has 2 fully saturated rings. The summed E-state index contributed by atoms with van der Waals surface area (Å²) in [6, 6.07) is 12.0. The molecule has 2 aliphatic heterocycles. The van der Waals surface area contributed by atoms with Crippen molar-refractivity contribution in [2.45, 2.75) is 32.2 Å². The van der Waals surface area contributed by atoms with Crippen LogP contribution >= 0.6 is 0 Å². The molecule has 0 atom stereocenters. The molecular weight excluding hydrogens is 406 g/mol. The summed E-state index contributed by atoms with van der Waals surface area (Å²) >= 11 is 0. The molecule has 32 heavy (non-hydrogen) atoms. The number of carbonyl (C=O) groups is 1. The minimum atomic E-state index is -0.0432. The summed E-state index contributed by atoms with van der Waals surface area (Å²) in [4.78, 5) is 17.2. The van der Waals surface area contributed by atoms with E-state index in [2.05, 4.69) is 37.4 Å². The van der Waals surface area contributed by atoms with Gasteiger partial charge >= 0.3 is 0 Å². The van der Waals surface area contributed by atoms with E-state index >= 15 is 0 Å². The van der Waals surface area contributed by atoms with Crippen molar-refractivity contribution in [3.8, 4) is 0 Å². The summed E-state index contributed by atoms with van der Waals surface area (Å²) in [6.07, 6.45) is 3.21. The second kappa shape index (κ2) is 9.62. The van der Waals surface area contributed by atoms with Gasteiger partial charge in [0.15, 0.2) is 11.5 Å². The SMILES string of the molecule is O=C(CCc1nnc2ccc(N3CCCC3)nn12)Nc1ccc(CN2CCOCC2)cc1. The molecule has 9 heteroatoms. The van der Waals surface area contributed by atoms with Gasteiger partial charge in [0.2, 0.25) is 5.91 Å². The van der Waals surface area contributed by atoms with Crippen LogP contribution in [0.15, 0.2) is 36.4 Å². The van der Waals surface area contributed by atoms with E-state index in [1.54, 1.807) is 4.52 Å². The number of fused-ring (bicyclic) bond motifs is 1. The van der Waals surface area contributed by atoms with Gasteiger partial charge < -0.3 is 15.0 Å². The highest BCUT2D eigenvalue weighted by atomic mass is 16.5. The maximum absolute atomic E-state index is 12.5. The van der Waals surface area contributed by atoms with Crippen LogP contribution in [0.25, 0.3) is 5.65 Å². The molecule has 0 radical (unpaired) electrons. The Balaban J connectivity index is 1.16. The second-order valence-corrected chi connectivity index (χ2v) is 8.41. The minimum Gasteiger partial charge on any atom is -0.379 e. The zero-order chi connectivity index (χ0) is 21.8. The maximum atomic E-state index is 12.5. The molecule has 1 amide bonds. The lowest BCUT2D eigenvalue weighted by Crippen LogP contribution is -2.35. The third kappa shape index (κ3) is 4.89. The van der Waals surface area contributed by atoms with Crippen LogP contribution in [-0.4, -0.2) is 70.0 Å².